The topological polar surface area (TPSA) is 96.2 Å². The van der Waals surface area contributed by atoms with Crippen molar-refractivity contribution >= 4 is 22.6 Å². The molecule has 1 aromatic heterocycles. The first-order valence-electron chi connectivity index (χ1n) is 5.09. The number of carbonyl (C=O) groups is 1. The fraction of sp³-hybridized carbons (Fsp3) is 0.182. The van der Waals surface area contributed by atoms with Crippen molar-refractivity contribution in [1.82, 2.24) is 4.98 Å². The van der Waals surface area contributed by atoms with Gasteiger partial charge in [0.1, 0.15) is 11.2 Å². The Balaban J connectivity index is 0.000000686. The first-order chi connectivity index (χ1) is 8.09. The predicted octanol–water partition coefficient (Wildman–Crippen LogP) is 2.80. The van der Waals surface area contributed by atoms with Crippen LogP contribution in [-0.4, -0.2) is 21.0 Å². The van der Waals surface area contributed by atoms with Gasteiger partial charge >= 0.3 is 5.97 Å². The number of aromatic amines is 1. The van der Waals surface area contributed by atoms with Gasteiger partial charge in [-0.05, 0) is 6.07 Å². The maximum absolute atomic E-state index is 10.7. The van der Waals surface area contributed by atoms with Gasteiger partial charge < -0.3 is 10.1 Å². The lowest BCUT2D eigenvalue weighted by Crippen LogP contribution is -1.95. The van der Waals surface area contributed by atoms with E-state index in [9.17, 15) is 14.9 Å². The second-order valence-electron chi connectivity index (χ2n) is 2.99. The minimum absolute atomic E-state index is 0.0562. The lowest BCUT2D eigenvalue weighted by molar-refractivity contribution is -0.383. The Labute approximate surface area is 97.0 Å². The highest BCUT2D eigenvalue weighted by atomic mass is 16.6. The number of hydrogen-bond acceptors (Lipinski definition) is 3. The average molecular weight is 236 g/mol. The normalized spacial score (nSPS) is 9.53. The van der Waals surface area contributed by atoms with Gasteiger partial charge in [-0.25, -0.2) is 4.79 Å². The second-order valence-corrected chi connectivity index (χ2v) is 2.99. The molecule has 0 unspecified atom stereocenters. The highest BCUT2D eigenvalue weighted by Crippen LogP contribution is 2.25. The van der Waals surface area contributed by atoms with E-state index in [0.29, 0.717) is 5.39 Å². The number of rotatable bonds is 2. The van der Waals surface area contributed by atoms with Crippen molar-refractivity contribution in [2.45, 2.75) is 13.8 Å². The summed E-state index contributed by atoms with van der Waals surface area (Å²) in [6, 6.07) is 5.82. The Kier molecular flexibility index (Phi) is 3.82. The number of aromatic nitrogens is 1. The van der Waals surface area contributed by atoms with E-state index in [-0.39, 0.29) is 16.9 Å². The first kappa shape index (κ1) is 12.7. The number of carboxylic acids is 1. The smallest absolute Gasteiger partial charge is 0.352 e. The Morgan fingerprint density at radius 3 is 2.59 bits per heavy atom. The van der Waals surface area contributed by atoms with Gasteiger partial charge in [-0.15, -0.1) is 0 Å². The Morgan fingerprint density at radius 2 is 2.06 bits per heavy atom. The fourth-order valence-corrected chi connectivity index (χ4v) is 1.41. The van der Waals surface area contributed by atoms with E-state index in [1.807, 2.05) is 13.8 Å². The number of fused-ring (bicyclic) bond motifs is 1. The summed E-state index contributed by atoms with van der Waals surface area (Å²) in [5.74, 6) is -1.14. The number of carboxylic acid groups (broad SMARTS) is 1. The second kappa shape index (κ2) is 5.11. The molecule has 0 fully saturated rings. The molecule has 0 radical (unpaired) electrons. The van der Waals surface area contributed by atoms with Gasteiger partial charge in [0, 0.05) is 11.5 Å². The van der Waals surface area contributed by atoms with E-state index < -0.39 is 10.9 Å². The van der Waals surface area contributed by atoms with Gasteiger partial charge in [0.15, 0.2) is 0 Å². The van der Waals surface area contributed by atoms with Crippen LogP contribution >= 0.6 is 0 Å². The number of H-pyrrole nitrogens is 1. The Morgan fingerprint density at radius 1 is 1.41 bits per heavy atom. The van der Waals surface area contributed by atoms with Crippen LogP contribution in [0.5, 0.6) is 0 Å². The third kappa shape index (κ3) is 2.41. The summed E-state index contributed by atoms with van der Waals surface area (Å²) < 4.78 is 0. The van der Waals surface area contributed by atoms with Gasteiger partial charge in [0.05, 0.1) is 4.92 Å². The van der Waals surface area contributed by atoms with Crippen molar-refractivity contribution in [3.05, 3.63) is 40.1 Å². The summed E-state index contributed by atoms with van der Waals surface area (Å²) in [5, 5.41) is 19.9. The number of nitrogens with zero attached hydrogens (tertiary/aromatic N) is 1. The van der Waals surface area contributed by atoms with Crippen molar-refractivity contribution in [3.8, 4) is 0 Å². The van der Waals surface area contributed by atoms with Crippen LogP contribution in [-0.2, 0) is 0 Å². The van der Waals surface area contributed by atoms with Crippen LogP contribution in [0, 0.1) is 10.1 Å². The number of hydrogen-bond donors (Lipinski definition) is 2. The van der Waals surface area contributed by atoms with Gasteiger partial charge in [-0.2, -0.15) is 0 Å². The number of nitro benzene ring substituents is 1. The molecular weight excluding hydrogens is 224 g/mol. The summed E-state index contributed by atoms with van der Waals surface area (Å²) in [7, 11) is 0. The highest BCUT2D eigenvalue weighted by molar-refractivity contribution is 5.96. The van der Waals surface area contributed by atoms with Crippen molar-refractivity contribution in [2.75, 3.05) is 0 Å². The molecule has 90 valence electrons. The van der Waals surface area contributed by atoms with Crippen molar-refractivity contribution < 1.29 is 14.8 Å². The van der Waals surface area contributed by atoms with E-state index in [1.54, 1.807) is 6.07 Å². The number of non-ortho nitro benzene ring substituents is 1. The van der Waals surface area contributed by atoms with Gasteiger partial charge in [0.25, 0.3) is 5.69 Å². The standard InChI is InChI=1S/C9H6N2O4.C2H6/c12-9(13)6-4-5-2-1-3-7(11(14)15)8(5)10-6;1-2/h1-4,10H,(H,12,13);1-2H3. The lowest BCUT2D eigenvalue weighted by atomic mass is 10.2. The molecule has 1 aromatic carbocycles. The zero-order valence-electron chi connectivity index (χ0n) is 9.43. The first-order valence-corrected chi connectivity index (χ1v) is 5.09. The molecule has 0 atom stereocenters. The molecule has 6 nitrogen and oxygen atoms in total. The average Bonchev–Trinajstić information content (AvgIpc) is 2.74. The summed E-state index contributed by atoms with van der Waals surface area (Å²) >= 11 is 0. The van der Waals surface area contributed by atoms with Crippen molar-refractivity contribution in [3.63, 3.8) is 0 Å². The number of nitrogens with one attached hydrogen (secondary N) is 1. The van der Waals surface area contributed by atoms with E-state index in [2.05, 4.69) is 4.98 Å². The third-order valence-electron chi connectivity index (χ3n) is 2.06. The highest BCUT2D eigenvalue weighted by Gasteiger charge is 2.15. The monoisotopic (exact) mass is 236 g/mol. The number of aromatic carboxylic acids is 1. The molecule has 2 rings (SSSR count). The molecule has 2 N–H and O–H groups in total. The van der Waals surface area contributed by atoms with Crippen molar-refractivity contribution in [2.24, 2.45) is 0 Å². The molecule has 2 aromatic rings. The van der Waals surface area contributed by atoms with Crippen LogP contribution in [0.1, 0.15) is 24.3 Å². The van der Waals surface area contributed by atoms with Gasteiger partial charge in [-0.3, -0.25) is 10.1 Å². The molecule has 0 amide bonds. The van der Waals surface area contributed by atoms with Crippen molar-refractivity contribution in [1.29, 1.82) is 0 Å². The van der Waals surface area contributed by atoms with Crippen LogP contribution in [0.25, 0.3) is 10.9 Å². The molecule has 0 aliphatic heterocycles. The Bertz CT molecular complexity index is 560. The lowest BCUT2D eigenvalue weighted by Gasteiger charge is -1.92. The van der Waals surface area contributed by atoms with Crippen LogP contribution in [0.4, 0.5) is 5.69 Å². The molecule has 0 aliphatic carbocycles. The molecule has 0 spiro atoms. The number of nitro groups is 1. The minimum Gasteiger partial charge on any atom is -0.477 e. The van der Waals surface area contributed by atoms with Crippen LogP contribution < -0.4 is 0 Å². The molecule has 0 saturated carbocycles. The molecule has 0 aliphatic rings. The molecule has 0 saturated heterocycles. The summed E-state index contributed by atoms with van der Waals surface area (Å²) in [6.45, 7) is 4.00. The summed E-state index contributed by atoms with van der Waals surface area (Å²) in [4.78, 5) is 23.2. The third-order valence-corrected chi connectivity index (χ3v) is 2.06. The summed E-state index contributed by atoms with van der Waals surface area (Å²) in [5.41, 5.74) is 0.0548. The molecule has 1 heterocycles. The minimum atomic E-state index is -1.14. The predicted molar refractivity (Wildman–Crippen MR) is 63.3 cm³/mol. The quantitative estimate of drug-likeness (QED) is 0.618. The number of benzene rings is 1. The van der Waals surface area contributed by atoms with E-state index in [0.717, 1.165) is 0 Å². The Hall–Kier alpha value is -2.37. The zero-order valence-corrected chi connectivity index (χ0v) is 9.43. The van der Waals surface area contributed by atoms with E-state index >= 15 is 0 Å². The fourth-order valence-electron chi connectivity index (χ4n) is 1.41. The maximum atomic E-state index is 10.7. The van der Waals surface area contributed by atoms with Crippen LogP contribution in [0.2, 0.25) is 0 Å². The van der Waals surface area contributed by atoms with E-state index in [4.69, 9.17) is 5.11 Å². The largest absolute Gasteiger partial charge is 0.477 e. The molecule has 6 heteroatoms. The molecular formula is C11H12N2O4. The molecule has 17 heavy (non-hydrogen) atoms. The molecule has 0 bridgehead atoms. The summed E-state index contributed by atoms with van der Waals surface area (Å²) in [6.07, 6.45) is 0. The SMILES string of the molecule is CC.O=C(O)c1cc2cccc([N+](=O)[O-])c2[nH]1. The van der Waals surface area contributed by atoms with Crippen LogP contribution in [0.3, 0.4) is 0 Å². The number of para-hydroxylation sites is 1. The maximum Gasteiger partial charge on any atom is 0.352 e. The van der Waals surface area contributed by atoms with Crippen LogP contribution in [0.15, 0.2) is 24.3 Å². The van der Waals surface area contributed by atoms with E-state index in [1.165, 1.54) is 18.2 Å². The van der Waals surface area contributed by atoms with Gasteiger partial charge in [-0.1, -0.05) is 26.0 Å². The zero-order chi connectivity index (χ0) is 13.0. The van der Waals surface area contributed by atoms with Gasteiger partial charge in [0.2, 0.25) is 0 Å².